The van der Waals surface area contributed by atoms with Crippen LogP contribution in [0, 0.1) is 5.82 Å². The van der Waals surface area contributed by atoms with Crippen molar-refractivity contribution < 1.29 is 9.18 Å². The monoisotopic (exact) mass is 214 g/mol. The van der Waals surface area contributed by atoms with Gasteiger partial charge in [0.05, 0.1) is 16.4 Å². The normalized spacial score (nSPS) is 19.6. The SMILES string of the molecule is CC1Nc2cc(Cl)c(F)cc2NC1=O. The number of halogens is 2. The molecule has 1 heterocycles. The summed E-state index contributed by atoms with van der Waals surface area (Å²) in [4.78, 5) is 11.2. The molecule has 14 heavy (non-hydrogen) atoms. The third kappa shape index (κ3) is 1.42. The van der Waals surface area contributed by atoms with E-state index in [1.165, 1.54) is 12.1 Å². The first kappa shape index (κ1) is 9.27. The largest absolute Gasteiger partial charge is 0.372 e. The van der Waals surface area contributed by atoms with Crippen molar-refractivity contribution in [3.63, 3.8) is 0 Å². The summed E-state index contributed by atoms with van der Waals surface area (Å²) in [5.41, 5.74) is 1.07. The van der Waals surface area contributed by atoms with Crippen molar-refractivity contribution in [1.82, 2.24) is 0 Å². The summed E-state index contributed by atoms with van der Waals surface area (Å²) in [7, 11) is 0. The topological polar surface area (TPSA) is 41.1 Å². The van der Waals surface area contributed by atoms with Crippen LogP contribution >= 0.6 is 11.6 Å². The third-order valence-corrected chi connectivity index (χ3v) is 2.37. The van der Waals surface area contributed by atoms with E-state index in [1.54, 1.807) is 6.92 Å². The maximum atomic E-state index is 13.0. The first-order chi connectivity index (χ1) is 6.58. The number of hydrogen-bond donors (Lipinski definition) is 2. The van der Waals surface area contributed by atoms with Gasteiger partial charge in [-0.25, -0.2) is 4.39 Å². The lowest BCUT2D eigenvalue weighted by molar-refractivity contribution is -0.116. The molecule has 0 aromatic heterocycles. The number of anilines is 2. The molecule has 0 fully saturated rings. The highest BCUT2D eigenvalue weighted by Gasteiger charge is 2.22. The minimum absolute atomic E-state index is 0.0413. The summed E-state index contributed by atoms with van der Waals surface area (Å²) >= 11 is 5.60. The lowest BCUT2D eigenvalue weighted by Crippen LogP contribution is -2.36. The lowest BCUT2D eigenvalue weighted by atomic mass is 10.1. The van der Waals surface area contributed by atoms with E-state index >= 15 is 0 Å². The van der Waals surface area contributed by atoms with Crippen molar-refractivity contribution in [3.8, 4) is 0 Å². The molecule has 0 bridgehead atoms. The lowest BCUT2D eigenvalue weighted by Gasteiger charge is -2.24. The van der Waals surface area contributed by atoms with Crippen LogP contribution in [-0.2, 0) is 4.79 Å². The van der Waals surface area contributed by atoms with Crippen molar-refractivity contribution in [1.29, 1.82) is 0 Å². The van der Waals surface area contributed by atoms with E-state index in [0.717, 1.165) is 0 Å². The number of nitrogens with one attached hydrogen (secondary N) is 2. The van der Waals surface area contributed by atoms with E-state index in [9.17, 15) is 9.18 Å². The van der Waals surface area contributed by atoms with Crippen LogP contribution in [0.2, 0.25) is 5.02 Å². The fourth-order valence-electron chi connectivity index (χ4n) is 1.31. The molecule has 5 heteroatoms. The van der Waals surface area contributed by atoms with Gasteiger partial charge in [-0.2, -0.15) is 0 Å². The molecule has 1 aromatic carbocycles. The second-order valence-electron chi connectivity index (χ2n) is 3.17. The summed E-state index contributed by atoms with van der Waals surface area (Å²) < 4.78 is 13.0. The molecule has 1 aromatic rings. The predicted octanol–water partition coefficient (Wildman–Crippen LogP) is 2.23. The molecule has 1 amide bonds. The number of hydrogen-bond acceptors (Lipinski definition) is 2. The fourth-order valence-corrected chi connectivity index (χ4v) is 1.47. The Hall–Kier alpha value is -1.29. The molecule has 2 rings (SSSR count). The van der Waals surface area contributed by atoms with E-state index in [1.807, 2.05) is 0 Å². The van der Waals surface area contributed by atoms with Crippen LogP contribution in [0.1, 0.15) is 6.92 Å². The van der Waals surface area contributed by atoms with E-state index in [0.29, 0.717) is 11.4 Å². The Morgan fingerprint density at radius 3 is 2.86 bits per heavy atom. The molecular formula is C9H8ClFN2O. The Morgan fingerprint density at radius 1 is 1.43 bits per heavy atom. The third-order valence-electron chi connectivity index (χ3n) is 2.08. The van der Waals surface area contributed by atoms with Crippen molar-refractivity contribution in [2.24, 2.45) is 0 Å². The Balaban J connectivity index is 2.47. The molecule has 1 aliphatic heterocycles. The molecule has 0 radical (unpaired) electrons. The molecule has 0 saturated heterocycles. The Bertz CT molecular complexity index is 408. The zero-order chi connectivity index (χ0) is 10.3. The molecule has 3 nitrogen and oxygen atoms in total. The van der Waals surface area contributed by atoms with E-state index in [4.69, 9.17) is 11.6 Å². The number of benzene rings is 1. The quantitative estimate of drug-likeness (QED) is 0.696. The molecule has 1 atom stereocenters. The average Bonchev–Trinajstić information content (AvgIpc) is 2.11. The summed E-state index contributed by atoms with van der Waals surface area (Å²) in [5.74, 6) is -0.721. The van der Waals surface area contributed by atoms with Crippen molar-refractivity contribution in [2.75, 3.05) is 10.6 Å². The van der Waals surface area contributed by atoms with Crippen LogP contribution in [0.5, 0.6) is 0 Å². The maximum Gasteiger partial charge on any atom is 0.246 e. The predicted molar refractivity (Wildman–Crippen MR) is 53.1 cm³/mol. The first-order valence-electron chi connectivity index (χ1n) is 4.14. The van der Waals surface area contributed by atoms with Crippen molar-refractivity contribution in [3.05, 3.63) is 23.0 Å². The molecule has 2 N–H and O–H groups in total. The van der Waals surface area contributed by atoms with Gasteiger partial charge in [0.25, 0.3) is 0 Å². The molecule has 1 unspecified atom stereocenters. The van der Waals surface area contributed by atoms with Gasteiger partial charge in [0.2, 0.25) is 5.91 Å². The number of carbonyl (C=O) groups excluding carboxylic acids is 1. The Morgan fingerprint density at radius 2 is 2.14 bits per heavy atom. The van der Waals surface area contributed by atoms with Gasteiger partial charge < -0.3 is 10.6 Å². The van der Waals surface area contributed by atoms with Crippen LogP contribution in [0.15, 0.2) is 12.1 Å². The van der Waals surface area contributed by atoms with Gasteiger partial charge in [0.15, 0.2) is 0 Å². The summed E-state index contributed by atoms with van der Waals surface area (Å²) in [6, 6.07) is 2.33. The van der Waals surface area contributed by atoms with Gasteiger partial charge in [0, 0.05) is 6.07 Å². The van der Waals surface area contributed by atoms with Crippen LogP contribution in [-0.4, -0.2) is 11.9 Å². The van der Waals surface area contributed by atoms with E-state index < -0.39 is 5.82 Å². The van der Waals surface area contributed by atoms with Gasteiger partial charge in [-0.15, -0.1) is 0 Å². The molecule has 0 saturated carbocycles. The molecule has 74 valence electrons. The fraction of sp³-hybridized carbons (Fsp3) is 0.222. The smallest absolute Gasteiger partial charge is 0.246 e. The standard InChI is InChI=1S/C9H8ClFN2O/c1-4-9(14)13-8-3-6(11)5(10)2-7(8)12-4/h2-4,12H,1H3,(H,13,14). The van der Waals surface area contributed by atoms with Gasteiger partial charge in [0.1, 0.15) is 11.9 Å². The van der Waals surface area contributed by atoms with Gasteiger partial charge in [-0.05, 0) is 13.0 Å². The summed E-state index contributed by atoms with van der Waals surface area (Å²) in [6.45, 7) is 1.72. The molecule has 0 spiro atoms. The van der Waals surface area contributed by atoms with Crippen LogP contribution in [0.3, 0.4) is 0 Å². The zero-order valence-electron chi connectivity index (χ0n) is 7.40. The number of fused-ring (bicyclic) bond motifs is 1. The minimum Gasteiger partial charge on any atom is -0.372 e. The van der Waals surface area contributed by atoms with Crippen molar-refractivity contribution in [2.45, 2.75) is 13.0 Å². The molecule has 0 aliphatic carbocycles. The minimum atomic E-state index is -0.540. The summed E-state index contributed by atoms with van der Waals surface area (Å²) in [6.07, 6.45) is 0. The van der Waals surface area contributed by atoms with E-state index in [-0.39, 0.29) is 17.0 Å². The van der Waals surface area contributed by atoms with Crippen LogP contribution in [0.25, 0.3) is 0 Å². The molecule has 1 aliphatic rings. The second-order valence-corrected chi connectivity index (χ2v) is 3.57. The zero-order valence-corrected chi connectivity index (χ0v) is 8.15. The average molecular weight is 215 g/mol. The Kier molecular flexibility index (Phi) is 2.07. The Labute approximate surface area is 85.3 Å². The van der Waals surface area contributed by atoms with Crippen LogP contribution in [0.4, 0.5) is 15.8 Å². The number of rotatable bonds is 0. The summed E-state index contributed by atoms with van der Waals surface area (Å²) in [5, 5.41) is 5.53. The number of amides is 1. The first-order valence-corrected chi connectivity index (χ1v) is 4.52. The van der Waals surface area contributed by atoms with Gasteiger partial charge in [-0.3, -0.25) is 4.79 Å². The van der Waals surface area contributed by atoms with Gasteiger partial charge in [-0.1, -0.05) is 11.6 Å². The van der Waals surface area contributed by atoms with Crippen LogP contribution < -0.4 is 10.6 Å². The van der Waals surface area contributed by atoms with Gasteiger partial charge >= 0.3 is 0 Å². The molecular weight excluding hydrogens is 207 g/mol. The van der Waals surface area contributed by atoms with E-state index in [2.05, 4.69) is 10.6 Å². The van der Waals surface area contributed by atoms with Crippen molar-refractivity contribution >= 4 is 28.9 Å². The highest BCUT2D eigenvalue weighted by Crippen LogP contribution is 2.31. The second kappa shape index (κ2) is 3.13. The number of carbonyl (C=O) groups is 1. The maximum absolute atomic E-state index is 13.0. The highest BCUT2D eigenvalue weighted by molar-refractivity contribution is 6.31. The highest BCUT2D eigenvalue weighted by atomic mass is 35.5.